The highest BCUT2D eigenvalue weighted by molar-refractivity contribution is 8.00. The van der Waals surface area contributed by atoms with Crippen LogP contribution in [-0.2, 0) is 16.0 Å². The Labute approximate surface area is 132 Å². The Morgan fingerprint density at radius 3 is 2.91 bits per heavy atom. The van der Waals surface area contributed by atoms with Crippen LogP contribution in [0, 0.1) is 0 Å². The number of carbonyl (C=O) groups excluding carboxylic acids is 1. The highest BCUT2D eigenvalue weighted by atomic mass is 32.2. The molecule has 6 nitrogen and oxygen atoms in total. The molecule has 0 aliphatic rings. The Morgan fingerprint density at radius 1 is 1.36 bits per heavy atom. The SMILES string of the molecule is CCCCc1nc2ccc(NC(=O)CSCC(=O)O)cc2[nH]1. The fourth-order valence-corrected chi connectivity index (χ4v) is 2.57. The number of imidazole rings is 1. The minimum absolute atomic E-state index is 0.0756. The lowest BCUT2D eigenvalue weighted by Gasteiger charge is -2.04. The number of carboxylic acids is 1. The number of aromatic nitrogens is 2. The molecule has 0 fully saturated rings. The summed E-state index contributed by atoms with van der Waals surface area (Å²) in [5.74, 6) is -0.131. The van der Waals surface area contributed by atoms with Gasteiger partial charge in [-0.15, -0.1) is 11.8 Å². The number of hydrogen-bond acceptors (Lipinski definition) is 4. The van der Waals surface area contributed by atoms with E-state index in [0.717, 1.165) is 47.9 Å². The number of nitrogens with zero attached hydrogens (tertiary/aromatic N) is 1. The van der Waals surface area contributed by atoms with Crippen molar-refractivity contribution in [2.75, 3.05) is 16.8 Å². The van der Waals surface area contributed by atoms with Gasteiger partial charge in [-0.3, -0.25) is 9.59 Å². The third-order valence-corrected chi connectivity index (χ3v) is 3.96. The summed E-state index contributed by atoms with van der Waals surface area (Å²) >= 11 is 1.07. The molecule has 1 aromatic heterocycles. The number of thioether (sulfide) groups is 1. The van der Waals surface area contributed by atoms with Gasteiger partial charge in [0, 0.05) is 12.1 Å². The van der Waals surface area contributed by atoms with E-state index in [1.165, 1.54) is 0 Å². The van der Waals surface area contributed by atoms with E-state index in [2.05, 4.69) is 22.2 Å². The van der Waals surface area contributed by atoms with Gasteiger partial charge in [0.2, 0.25) is 5.91 Å². The standard InChI is InChI=1S/C15H19N3O3S/c1-2-3-4-13-17-11-6-5-10(7-12(11)18-13)16-14(19)8-22-9-15(20)21/h5-7H,2-4,8-9H2,1H3,(H,16,19)(H,17,18)(H,20,21). The summed E-state index contributed by atoms with van der Waals surface area (Å²) in [6, 6.07) is 5.51. The van der Waals surface area contributed by atoms with Crippen molar-refractivity contribution in [3.63, 3.8) is 0 Å². The Bertz CT molecular complexity index is 669. The number of rotatable bonds is 8. The molecule has 3 N–H and O–H groups in total. The molecule has 0 saturated carbocycles. The summed E-state index contributed by atoms with van der Waals surface area (Å²) in [6.07, 6.45) is 3.12. The molecule has 0 bridgehead atoms. The first kappa shape index (κ1) is 16.4. The number of fused-ring (bicyclic) bond motifs is 1. The lowest BCUT2D eigenvalue weighted by Crippen LogP contribution is -2.15. The molecule has 0 aliphatic heterocycles. The first-order chi connectivity index (χ1) is 10.6. The first-order valence-corrected chi connectivity index (χ1v) is 8.32. The number of hydrogen-bond donors (Lipinski definition) is 3. The third kappa shape index (κ3) is 4.77. The number of aliphatic carboxylic acids is 1. The summed E-state index contributed by atoms with van der Waals surface area (Å²) in [6.45, 7) is 2.14. The van der Waals surface area contributed by atoms with Gasteiger partial charge < -0.3 is 15.4 Å². The number of aromatic amines is 1. The molecule has 7 heteroatoms. The van der Waals surface area contributed by atoms with E-state index < -0.39 is 5.97 Å². The van der Waals surface area contributed by atoms with Gasteiger partial charge in [-0.25, -0.2) is 4.98 Å². The quantitative estimate of drug-likeness (QED) is 0.695. The zero-order valence-electron chi connectivity index (χ0n) is 12.4. The molecule has 0 saturated heterocycles. The van der Waals surface area contributed by atoms with E-state index in [1.807, 2.05) is 12.1 Å². The fourth-order valence-electron chi connectivity index (χ4n) is 2.03. The predicted molar refractivity (Wildman–Crippen MR) is 88.3 cm³/mol. The second kappa shape index (κ2) is 7.84. The van der Waals surface area contributed by atoms with Gasteiger partial charge in [-0.2, -0.15) is 0 Å². The minimum atomic E-state index is -0.920. The molecule has 1 amide bonds. The van der Waals surface area contributed by atoms with Crippen molar-refractivity contribution in [1.82, 2.24) is 9.97 Å². The number of aryl methyl sites for hydroxylation is 1. The van der Waals surface area contributed by atoms with Crippen LogP contribution in [0.5, 0.6) is 0 Å². The van der Waals surface area contributed by atoms with E-state index in [4.69, 9.17) is 5.11 Å². The lowest BCUT2D eigenvalue weighted by molar-refractivity contribution is -0.133. The highest BCUT2D eigenvalue weighted by Crippen LogP contribution is 2.18. The van der Waals surface area contributed by atoms with Gasteiger partial charge in [0.15, 0.2) is 0 Å². The van der Waals surface area contributed by atoms with Crippen LogP contribution in [-0.4, -0.2) is 38.5 Å². The number of benzene rings is 1. The summed E-state index contributed by atoms with van der Waals surface area (Å²) in [7, 11) is 0. The van der Waals surface area contributed by atoms with Gasteiger partial charge in [0.25, 0.3) is 0 Å². The molecule has 2 rings (SSSR count). The Kier molecular flexibility index (Phi) is 5.83. The topological polar surface area (TPSA) is 95.1 Å². The maximum Gasteiger partial charge on any atom is 0.313 e. The predicted octanol–water partition coefficient (Wildman–Crippen LogP) is 2.66. The van der Waals surface area contributed by atoms with Crippen molar-refractivity contribution < 1.29 is 14.7 Å². The van der Waals surface area contributed by atoms with Gasteiger partial charge >= 0.3 is 5.97 Å². The molecule has 0 aliphatic carbocycles. The zero-order chi connectivity index (χ0) is 15.9. The van der Waals surface area contributed by atoms with Crippen LogP contribution in [0.4, 0.5) is 5.69 Å². The average molecular weight is 321 g/mol. The molecule has 0 radical (unpaired) electrons. The maximum absolute atomic E-state index is 11.7. The zero-order valence-corrected chi connectivity index (χ0v) is 13.2. The number of anilines is 1. The van der Waals surface area contributed by atoms with E-state index in [-0.39, 0.29) is 17.4 Å². The van der Waals surface area contributed by atoms with Gasteiger partial charge in [-0.1, -0.05) is 13.3 Å². The second-order valence-corrected chi connectivity index (χ2v) is 5.94. The summed E-state index contributed by atoms with van der Waals surface area (Å²) in [5.41, 5.74) is 2.45. The number of unbranched alkanes of at least 4 members (excludes halogenated alkanes) is 1. The Balaban J connectivity index is 1.96. The van der Waals surface area contributed by atoms with Crippen molar-refractivity contribution in [2.45, 2.75) is 26.2 Å². The number of nitrogens with one attached hydrogen (secondary N) is 2. The van der Waals surface area contributed by atoms with Crippen LogP contribution in [0.25, 0.3) is 11.0 Å². The second-order valence-electron chi connectivity index (χ2n) is 4.95. The molecule has 1 aromatic carbocycles. The van der Waals surface area contributed by atoms with Gasteiger partial charge in [-0.05, 0) is 24.6 Å². The van der Waals surface area contributed by atoms with E-state index in [1.54, 1.807) is 6.07 Å². The molecular formula is C15H19N3O3S. The molecule has 22 heavy (non-hydrogen) atoms. The minimum Gasteiger partial charge on any atom is -0.481 e. The van der Waals surface area contributed by atoms with E-state index >= 15 is 0 Å². The van der Waals surface area contributed by atoms with E-state index in [9.17, 15) is 9.59 Å². The number of carbonyl (C=O) groups is 2. The highest BCUT2D eigenvalue weighted by Gasteiger charge is 2.07. The number of H-pyrrole nitrogens is 1. The monoisotopic (exact) mass is 321 g/mol. The third-order valence-electron chi connectivity index (χ3n) is 3.04. The van der Waals surface area contributed by atoms with Crippen molar-refractivity contribution in [2.24, 2.45) is 0 Å². The van der Waals surface area contributed by atoms with Crippen molar-refractivity contribution in [1.29, 1.82) is 0 Å². The van der Waals surface area contributed by atoms with Crippen molar-refractivity contribution >= 4 is 40.4 Å². The number of carboxylic acid groups (broad SMARTS) is 1. The van der Waals surface area contributed by atoms with Gasteiger partial charge in [0.05, 0.1) is 22.5 Å². The summed E-state index contributed by atoms with van der Waals surface area (Å²) in [5, 5.41) is 11.3. The Morgan fingerprint density at radius 2 is 2.18 bits per heavy atom. The fraction of sp³-hybridized carbons (Fsp3) is 0.400. The van der Waals surface area contributed by atoms with E-state index in [0.29, 0.717) is 5.69 Å². The maximum atomic E-state index is 11.7. The molecule has 0 atom stereocenters. The molecule has 0 spiro atoms. The van der Waals surface area contributed by atoms with Crippen LogP contribution in [0.1, 0.15) is 25.6 Å². The summed E-state index contributed by atoms with van der Waals surface area (Å²) in [4.78, 5) is 29.9. The van der Waals surface area contributed by atoms with Crippen molar-refractivity contribution in [3.8, 4) is 0 Å². The van der Waals surface area contributed by atoms with Crippen LogP contribution < -0.4 is 5.32 Å². The largest absolute Gasteiger partial charge is 0.481 e. The molecule has 1 heterocycles. The van der Waals surface area contributed by atoms with Crippen molar-refractivity contribution in [3.05, 3.63) is 24.0 Å². The van der Waals surface area contributed by atoms with Crippen LogP contribution >= 0.6 is 11.8 Å². The lowest BCUT2D eigenvalue weighted by atomic mass is 10.2. The number of amides is 1. The van der Waals surface area contributed by atoms with Crippen LogP contribution in [0.3, 0.4) is 0 Å². The summed E-state index contributed by atoms with van der Waals surface area (Å²) < 4.78 is 0. The van der Waals surface area contributed by atoms with Crippen LogP contribution in [0.15, 0.2) is 18.2 Å². The molecule has 2 aromatic rings. The smallest absolute Gasteiger partial charge is 0.313 e. The molecule has 0 unspecified atom stereocenters. The Hall–Kier alpha value is -2.02. The first-order valence-electron chi connectivity index (χ1n) is 7.16. The van der Waals surface area contributed by atoms with Gasteiger partial charge in [0.1, 0.15) is 5.82 Å². The normalized spacial score (nSPS) is 10.8. The van der Waals surface area contributed by atoms with Crippen LogP contribution in [0.2, 0.25) is 0 Å². The molecular weight excluding hydrogens is 302 g/mol. The average Bonchev–Trinajstić information content (AvgIpc) is 2.86. The molecule has 118 valence electrons.